The van der Waals surface area contributed by atoms with Gasteiger partial charge in [0.05, 0.1) is 28.0 Å². The van der Waals surface area contributed by atoms with Crippen molar-refractivity contribution in [1.29, 1.82) is 0 Å². The van der Waals surface area contributed by atoms with Gasteiger partial charge in [0.2, 0.25) is 0 Å². The molecule has 0 radical (unpaired) electrons. The van der Waals surface area contributed by atoms with E-state index in [1.165, 1.54) is 17.7 Å². The van der Waals surface area contributed by atoms with Crippen LogP contribution in [0.25, 0.3) is 5.82 Å². The van der Waals surface area contributed by atoms with Crippen LogP contribution in [0.2, 0.25) is 0 Å². The average Bonchev–Trinajstić information content (AvgIpc) is 3.58. The van der Waals surface area contributed by atoms with E-state index in [-0.39, 0.29) is 32.6 Å². The first-order valence-corrected chi connectivity index (χ1v) is 15.0. The number of aliphatic hydroxyl groups excluding tert-OH is 1. The summed E-state index contributed by atoms with van der Waals surface area (Å²) in [4.78, 5) is -0.0264. The van der Waals surface area contributed by atoms with E-state index in [4.69, 9.17) is 4.63 Å². The van der Waals surface area contributed by atoms with Crippen LogP contribution >= 0.6 is 0 Å². The van der Waals surface area contributed by atoms with Gasteiger partial charge in [-0.15, -0.1) is 0 Å². The minimum absolute atomic E-state index is 0.00177. The Kier molecular flexibility index (Phi) is 5.08. The molecule has 38 heavy (non-hydrogen) atoms. The van der Waals surface area contributed by atoms with Gasteiger partial charge in [-0.05, 0) is 90.7 Å². The number of rotatable bonds is 3. The molecule has 3 aromatic rings. The van der Waals surface area contributed by atoms with Gasteiger partial charge >= 0.3 is 10.8 Å². The van der Waals surface area contributed by atoms with E-state index < -0.39 is 14.9 Å². The first kappa shape index (κ1) is 24.1. The number of fused-ring (bicyclic) bond motifs is 7. The second-order valence-corrected chi connectivity index (χ2v) is 14.0. The minimum Gasteiger partial charge on any atom is -0.393 e. The van der Waals surface area contributed by atoms with E-state index in [0.717, 1.165) is 56.2 Å². The molecule has 200 valence electrons. The lowest BCUT2D eigenvalue weighted by Gasteiger charge is -2.57. The molecule has 9 nitrogen and oxygen atoms in total. The van der Waals surface area contributed by atoms with Crippen LogP contribution in [0, 0.1) is 28.4 Å². The molecule has 4 aliphatic rings. The summed E-state index contributed by atoms with van der Waals surface area (Å²) in [5.41, 5.74) is 3.35. The van der Waals surface area contributed by atoms with Crippen LogP contribution in [0.4, 0.5) is 0 Å². The Morgan fingerprint density at radius 1 is 1.11 bits per heavy atom. The van der Waals surface area contributed by atoms with Gasteiger partial charge in [-0.2, -0.15) is 9.78 Å². The van der Waals surface area contributed by atoms with Crippen molar-refractivity contribution in [2.45, 2.75) is 80.2 Å². The Morgan fingerprint density at radius 2 is 1.87 bits per heavy atom. The van der Waals surface area contributed by atoms with E-state index in [1.54, 1.807) is 29.1 Å². The third-order valence-electron chi connectivity index (χ3n) is 10.4. The molecule has 6 atom stereocenters. The summed E-state index contributed by atoms with van der Waals surface area (Å²) in [5, 5.41) is 30.9. The van der Waals surface area contributed by atoms with Gasteiger partial charge in [-0.1, -0.05) is 43.7 Å². The third-order valence-corrected chi connectivity index (χ3v) is 12.1. The van der Waals surface area contributed by atoms with Gasteiger partial charge in [0.15, 0.2) is 0 Å². The number of hydrogen-bond donors (Lipinski definition) is 1. The predicted octanol–water partition coefficient (Wildman–Crippen LogP) is 3.66. The van der Waals surface area contributed by atoms with E-state index in [2.05, 4.69) is 30.2 Å². The highest BCUT2D eigenvalue weighted by Gasteiger charge is 2.59. The van der Waals surface area contributed by atoms with Crippen molar-refractivity contribution in [3.05, 3.63) is 64.6 Å². The Hall–Kier alpha value is -2.98. The number of allylic oxidation sites excluding steroid dienone is 1. The highest BCUT2D eigenvalue weighted by molar-refractivity contribution is 7.91. The van der Waals surface area contributed by atoms with Crippen LogP contribution in [-0.2, 0) is 21.7 Å². The minimum atomic E-state index is -4.19. The van der Waals surface area contributed by atoms with Crippen LogP contribution in [0.1, 0.15) is 63.6 Å². The van der Waals surface area contributed by atoms with Crippen molar-refractivity contribution in [2.75, 3.05) is 0 Å². The number of benzene rings is 1. The molecule has 0 spiro atoms. The molecule has 0 aliphatic heterocycles. The summed E-state index contributed by atoms with van der Waals surface area (Å²) in [6.45, 7) is 4.66. The Labute approximate surface area is 221 Å². The fourth-order valence-electron chi connectivity index (χ4n) is 8.46. The highest BCUT2D eigenvalue weighted by Crippen LogP contribution is 2.64. The second kappa shape index (κ2) is 8.02. The molecule has 1 aromatic carbocycles. The number of aliphatic hydroxyl groups is 1. The zero-order valence-corrected chi connectivity index (χ0v) is 22.4. The summed E-state index contributed by atoms with van der Waals surface area (Å²) in [7, 11) is -4.19. The predicted molar refractivity (Wildman–Crippen MR) is 136 cm³/mol. The maximum Gasteiger partial charge on any atom is 0.354 e. The standard InChI is InChI=1S/C28H32N4O5S/c1-27-12-10-19(33)15-18(27)8-9-21-22(27)11-13-28(2)23(21)14-17-16-29-31(24(17)28)25-26(32(34)37-30-25)38(35,36)20-6-4-3-5-7-20/h3-8,16,19,21-23,33H,9-15H2,1-2H3/t19-,21+,22-,23-,27-,28-/m0/s1. The largest absolute Gasteiger partial charge is 0.393 e. The molecule has 4 aliphatic carbocycles. The fourth-order valence-corrected chi connectivity index (χ4v) is 9.80. The highest BCUT2D eigenvalue weighted by atomic mass is 32.2. The fraction of sp³-hybridized carbons (Fsp3) is 0.536. The number of sulfone groups is 1. The Morgan fingerprint density at radius 3 is 2.66 bits per heavy atom. The number of hydrogen-bond acceptors (Lipinski definition) is 7. The molecule has 2 heterocycles. The number of nitrogens with zero attached hydrogens (tertiary/aromatic N) is 4. The molecular weight excluding hydrogens is 504 g/mol. The maximum atomic E-state index is 13.5. The quantitative estimate of drug-likeness (QED) is 0.400. The van der Waals surface area contributed by atoms with Crippen LogP contribution in [0.15, 0.2) is 62.7 Å². The van der Waals surface area contributed by atoms with Crippen molar-refractivity contribution < 1.29 is 23.1 Å². The van der Waals surface area contributed by atoms with Crippen LogP contribution in [0.3, 0.4) is 0 Å². The SMILES string of the molecule is C[C@]12CC[C@H](O)CC1=CC[C@@H]1[C@@H]2CC[C@]2(C)c3c(cnn3-c3no[n+]([O-])c3S(=O)(=O)c3ccccc3)C[C@@H]12. The van der Waals surface area contributed by atoms with Gasteiger partial charge < -0.3 is 10.3 Å². The van der Waals surface area contributed by atoms with Crippen molar-refractivity contribution in [2.24, 2.45) is 23.2 Å². The van der Waals surface area contributed by atoms with Gasteiger partial charge in [0, 0.05) is 5.41 Å². The third kappa shape index (κ3) is 3.13. The summed E-state index contributed by atoms with van der Waals surface area (Å²) < 4.78 is 33.4. The molecule has 0 bridgehead atoms. The van der Waals surface area contributed by atoms with Crippen molar-refractivity contribution in [3.63, 3.8) is 0 Å². The summed E-state index contributed by atoms with van der Waals surface area (Å²) in [6.07, 6.45) is 10.5. The molecule has 2 fully saturated rings. The molecule has 0 unspecified atom stereocenters. The maximum absolute atomic E-state index is 13.5. The first-order valence-electron chi connectivity index (χ1n) is 13.5. The van der Waals surface area contributed by atoms with Gasteiger partial charge in [0.25, 0.3) is 9.84 Å². The lowest BCUT2D eigenvalue weighted by Crippen LogP contribution is -2.51. The van der Waals surface area contributed by atoms with Crippen molar-refractivity contribution >= 4 is 9.84 Å². The summed E-state index contributed by atoms with van der Waals surface area (Å²) in [6, 6.07) is 7.85. The molecular formula is C28H32N4O5S. The first-order chi connectivity index (χ1) is 18.1. The monoisotopic (exact) mass is 536 g/mol. The van der Waals surface area contributed by atoms with Crippen LogP contribution < -0.4 is 4.90 Å². The molecule has 2 aromatic heterocycles. The topological polar surface area (TPSA) is 125 Å². The van der Waals surface area contributed by atoms with E-state index in [1.807, 2.05) is 0 Å². The smallest absolute Gasteiger partial charge is 0.354 e. The molecule has 1 N–H and O–H groups in total. The lowest BCUT2D eigenvalue weighted by molar-refractivity contribution is -0.832. The van der Waals surface area contributed by atoms with Crippen LogP contribution in [0.5, 0.6) is 0 Å². The lowest BCUT2D eigenvalue weighted by atomic mass is 9.48. The molecule has 0 saturated heterocycles. The van der Waals surface area contributed by atoms with Gasteiger partial charge in [0.1, 0.15) is 0 Å². The average molecular weight is 537 g/mol. The summed E-state index contributed by atoms with van der Waals surface area (Å²) >= 11 is 0. The number of aromatic nitrogens is 4. The van der Waals surface area contributed by atoms with Crippen LogP contribution in [-0.4, -0.2) is 34.6 Å². The zero-order valence-electron chi connectivity index (χ0n) is 21.6. The Bertz CT molecular complexity index is 1560. The van der Waals surface area contributed by atoms with E-state index >= 15 is 0 Å². The second-order valence-electron chi connectivity index (χ2n) is 12.1. The van der Waals surface area contributed by atoms with Gasteiger partial charge in [-0.25, -0.2) is 8.42 Å². The summed E-state index contributed by atoms with van der Waals surface area (Å²) in [5.74, 6) is 1.34. The van der Waals surface area contributed by atoms with Gasteiger partial charge in [-0.3, -0.25) is 4.63 Å². The molecule has 2 saturated carbocycles. The zero-order chi connectivity index (χ0) is 26.4. The molecule has 0 amide bonds. The van der Waals surface area contributed by atoms with E-state index in [0.29, 0.717) is 17.8 Å². The van der Waals surface area contributed by atoms with E-state index in [9.17, 15) is 18.7 Å². The van der Waals surface area contributed by atoms with Crippen molar-refractivity contribution in [3.8, 4) is 5.82 Å². The molecule has 10 heteroatoms. The van der Waals surface area contributed by atoms with Crippen molar-refractivity contribution in [1.82, 2.24) is 14.9 Å². The Balaban J connectivity index is 1.30. The molecule has 7 rings (SSSR count). The normalized spacial score (nSPS) is 34.1.